The average Bonchev–Trinajstić information content (AvgIpc) is 3.10. The van der Waals surface area contributed by atoms with Gasteiger partial charge in [-0.3, -0.25) is 4.79 Å². The molecule has 2 aromatic carbocycles. The largest absolute Gasteiger partial charge is 0.464 e. The molecule has 3 rings (SSSR count). The van der Waals surface area contributed by atoms with Crippen LogP contribution in [0.1, 0.15) is 28.4 Å². The van der Waals surface area contributed by atoms with E-state index in [0.29, 0.717) is 17.5 Å². The van der Waals surface area contributed by atoms with Crippen molar-refractivity contribution in [2.24, 2.45) is 0 Å². The van der Waals surface area contributed by atoms with Crippen LogP contribution in [0.25, 0.3) is 10.9 Å². The number of rotatable bonds is 6. The van der Waals surface area contributed by atoms with E-state index in [1.165, 1.54) is 0 Å². The Bertz CT molecular complexity index is 996. The van der Waals surface area contributed by atoms with Gasteiger partial charge in [0.05, 0.1) is 6.61 Å². The van der Waals surface area contributed by atoms with Crippen LogP contribution in [-0.4, -0.2) is 29.5 Å². The quantitative estimate of drug-likeness (QED) is 0.524. The molecule has 27 heavy (non-hydrogen) atoms. The first-order valence-corrected chi connectivity index (χ1v) is 8.71. The molecule has 0 aliphatic heterocycles. The van der Waals surface area contributed by atoms with E-state index in [4.69, 9.17) is 11.2 Å². The molecule has 0 unspecified atom stereocenters. The molecule has 0 fully saturated rings. The number of aromatic amines is 1. The van der Waals surface area contributed by atoms with Crippen molar-refractivity contribution in [3.63, 3.8) is 0 Å². The van der Waals surface area contributed by atoms with Crippen LogP contribution in [0.5, 0.6) is 0 Å². The maximum atomic E-state index is 12.6. The minimum Gasteiger partial charge on any atom is -0.464 e. The Morgan fingerprint density at radius 3 is 2.63 bits per heavy atom. The number of H-pyrrole nitrogens is 1. The van der Waals surface area contributed by atoms with Crippen LogP contribution in [0.4, 0.5) is 0 Å². The molecule has 0 bridgehead atoms. The molecule has 5 nitrogen and oxygen atoms in total. The average molecular weight is 360 g/mol. The van der Waals surface area contributed by atoms with E-state index in [9.17, 15) is 9.59 Å². The number of terminal acetylenes is 1. The highest BCUT2D eigenvalue weighted by Crippen LogP contribution is 2.19. The van der Waals surface area contributed by atoms with Gasteiger partial charge in [0.1, 0.15) is 6.04 Å². The predicted molar refractivity (Wildman–Crippen MR) is 104 cm³/mol. The molecule has 2 N–H and O–H groups in total. The molecule has 5 heteroatoms. The SMILES string of the molecule is C#Cc1ccc(C(=O)N[C@@H](Cc2c[nH]c3ccccc23)C(=O)OCC)cc1. The Hall–Kier alpha value is -3.52. The number of amides is 1. The summed E-state index contributed by atoms with van der Waals surface area (Å²) in [7, 11) is 0. The summed E-state index contributed by atoms with van der Waals surface area (Å²) in [6, 6.07) is 13.7. The number of esters is 1. The Labute approximate surface area is 157 Å². The summed E-state index contributed by atoms with van der Waals surface area (Å²) in [5.41, 5.74) is 3.03. The van der Waals surface area contributed by atoms with Crippen molar-refractivity contribution in [3.05, 3.63) is 71.4 Å². The lowest BCUT2D eigenvalue weighted by Gasteiger charge is -2.17. The van der Waals surface area contributed by atoms with Gasteiger partial charge >= 0.3 is 5.97 Å². The maximum Gasteiger partial charge on any atom is 0.328 e. The van der Waals surface area contributed by atoms with Gasteiger partial charge in [0.15, 0.2) is 0 Å². The number of aromatic nitrogens is 1. The highest BCUT2D eigenvalue weighted by Gasteiger charge is 2.24. The summed E-state index contributed by atoms with van der Waals surface area (Å²) in [5, 5.41) is 3.79. The fourth-order valence-corrected chi connectivity index (χ4v) is 2.92. The minimum atomic E-state index is -0.788. The van der Waals surface area contributed by atoms with E-state index in [-0.39, 0.29) is 12.5 Å². The fourth-order valence-electron chi connectivity index (χ4n) is 2.92. The number of nitrogens with one attached hydrogen (secondary N) is 2. The molecule has 3 aromatic rings. The van der Waals surface area contributed by atoms with Gasteiger partial charge in [-0.1, -0.05) is 24.1 Å². The monoisotopic (exact) mass is 360 g/mol. The molecule has 0 saturated carbocycles. The van der Waals surface area contributed by atoms with Crippen molar-refractivity contribution in [1.82, 2.24) is 10.3 Å². The van der Waals surface area contributed by atoms with E-state index in [1.54, 1.807) is 31.2 Å². The third-order valence-corrected chi connectivity index (χ3v) is 4.29. The van der Waals surface area contributed by atoms with Gasteiger partial charge in [-0.05, 0) is 42.8 Å². The Kier molecular flexibility index (Phi) is 5.58. The molecule has 0 spiro atoms. The van der Waals surface area contributed by atoms with Gasteiger partial charge in [-0.15, -0.1) is 6.42 Å². The first-order chi connectivity index (χ1) is 13.1. The van der Waals surface area contributed by atoms with Gasteiger partial charge < -0.3 is 15.0 Å². The van der Waals surface area contributed by atoms with E-state index in [0.717, 1.165) is 16.5 Å². The lowest BCUT2D eigenvalue weighted by Crippen LogP contribution is -2.43. The zero-order chi connectivity index (χ0) is 19.2. The number of ether oxygens (including phenoxy) is 1. The zero-order valence-electron chi connectivity index (χ0n) is 15.0. The van der Waals surface area contributed by atoms with E-state index in [1.807, 2.05) is 30.5 Å². The van der Waals surface area contributed by atoms with E-state index >= 15 is 0 Å². The van der Waals surface area contributed by atoms with Crippen molar-refractivity contribution in [3.8, 4) is 12.3 Å². The fraction of sp³-hybridized carbons (Fsp3) is 0.182. The highest BCUT2D eigenvalue weighted by atomic mass is 16.5. The topological polar surface area (TPSA) is 71.2 Å². The van der Waals surface area contributed by atoms with Crippen LogP contribution in [0.2, 0.25) is 0 Å². The first-order valence-electron chi connectivity index (χ1n) is 8.71. The molecule has 0 aliphatic carbocycles. The smallest absolute Gasteiger partial charge is 0.328 e. The summed E-state index contributed by atoms with van der Waals surface area (Å²) in [4.78, 5) is 28.2. The standard InChI is InChI=1S/C22H20N2O3/c1-3-15-9-11-16(12-10-15)21(25)24-20(22(26)27-4-2)13-17-14-23-19-8-6-5-7-18(17)19/h1,5-12,14,20,23H,4,13H2,2H3,(H,24,25)/t20-/m0/s1. The summed E-state index contributed by atoms with van der Waals surface area (Å²) >= 11 is 0. The molecule has 0 radical (unpaired) electrons. The van der Waals surface area contributed by atoms with Crippen LogP contribution >= 0.6 is 0 Å². The maximum absolute atomic E-state index is 12.6. The summed E-state index contributed by atoms with van der Waals surface area (Å²) in [5.74, 6) is 1.69. The summed E-state index contributed by atoms with van der Waals surface area (Å²) in [6.45, 7) is 1.98. The van der Waals surface area contributed by atoms with Crippen molar-refractivity contribution >= 4 is 22.8 Å². The van der Waals surface area contributed by atoms with Crippen molar-refractivity contribution in [2.75, 3.05) is 6.61 Å². The Morgan fingerprint density at radius 1 is 1.19 bits per heavy atom. The van der Waals surface area contributed by atoms with Gasteiger partial charge in [0.2, 0.25) is 0 Å². The second kappa shape index (κ2) is 8.24. The predicted octanol–water partition coefficient (Wildman–Crippen LogP) is 3.05. The van der Waals surface area contributed by atoms with Gasteiger partial charge in [-0.25, -0.2) is 4.79 Å². The number of carbonyl (C=O) groups is 2. The Balaban J connectivity index is 1.81. The normalized spacial score (nSPS) is 11.6. The summed E-state index contributed by atoms with van der Waals surface area (Å²) < 4.78 is 5.15. The Morgan fingerprint density at radius 2 is 1.93 bits per heavy atom. The molecule has 1 heterocycles. The summed E-state index contributed by atoms with van der Waals surface area (Å²) in [6.07, 6.45) is 7.52. The molecule has 136 valence electrons. The van der Waals surface area contributed by atoms with Crippen molar-refractivity contribution in [2.45, 2.75) is 19.4 Å². The molecule has 1 amide bonds. The zero-order valence-corrected chi connectivity index (χ0v) is 15.0. The van der Waals surface area contributed by atoms with E-state index < -0.39 is 12.0 Å². The van der Waals surface area contributed by atoms with E-state index in [2.05, 4.69) is 16.2 Å². The number of para-hydroxylation sites is 1. The lowest BCUT2D eigenvalue weighted by atomic mass is 10.0. The van der Waals surface area contributed by atoms with Crippen LogP contribution in [0.3, 0.4) is 0 Å². The lowest BCUT2D eigenvalue weighted by molar-refractivity contribution is -0.145. The number of benzene rings is 2. The van der Waals surface area contributed by atoms with Crippen LogP contribution in [0, 0.1) is 12.3 Å². The van der Waals surface area contributed by atoms with Gasteiger partial charge in [0, 0.05) is 34.6 Å². The molecule has 1 atom stereocenters. The third-order valence-electron chi connectivity index (χ3n) is 4.29. The van der Waals surface area contributed by atoms with Crippen molar-refractivity contribution in [1.29, 1.82) is 0 Å². The van der Waals surface area contributed by atoms with Crippen LogP contribution in [0.15, 0.2) is 54.7 Å². The molecule has 1 aromatic heterocycles. The minimum absolute atomic E-state index is 0.246. The number of fused-ring (bicyclic) bond motifs is 1. The van der Waals surface area contributed by atoms with Crippen LogP contribution < -0.4 is 5.32 Å². The second-order valence-corrected chi connectivity index (χ2v) is 6.06. The molecular weight excluding hydrogens is 340 g/mol. The van der Waals surface area contributed by atoms with Crippen LogP contribution in [-0.2, 0) is 16.0 Å². The number of carbonyl (C=O) groups excluding carboxylic acids is 2. The molecular formula is C22H20N2O3. The second-order valence-electron chi connectivity index (χ2n) is 6.06. The number of hydrogen-bond donors (Lipinski definition) is 2. The third kappa shape index (κ3) is 4.18. The van der Waals surface area contributed by atoms with Gasteiger partial charge in [-0.2, -0.15) is 0 Å². The highest BCUT2D eigenvalue weighted by molar-refractivity contribution is 5.97. The van der Waals surface area contributed by atoms with Crippen molar-refractivity contribution < 1.29 is 14.3 Å². The first kappa shape index (κ1) is 18.3. The number of hydrogen-bond acceptors (Lipinski definition) is 3. The van der Waals surface area contributed by atoms with Gasteiger partial charge in [0.25, 0.3) is 5.91 Å². The molecule has 0 saturated heterocycles. The molecule has 0 aliphatic rings.